The van der Waals surface area contributed by atoms with E-state index in [9.17, 15) is 0 Å². The molecule has 2 fully saturated rings. The monoisotopic (exact) mass is 267 g/mol. The second-order valence-corrected chi connectivity index (χ2v) is 7.48. The number of piperazine rings is 1. The van der Waals surface area contributed by atoms with E-state index < -0.39 is 0 Å². The number of nitrogens with two attached hydrogens (primary N) is 1. The van der Waals surface area contributed by atoms with Crippen molar-refractivity contribution in [2.45, 2.75) is 58.0 Å². The lowest BCUT2D eigenvalue weighted by Crippen LogP contribution is -2.59. The Labute approximate surface area is 119 Å². The number of likely N-dealkylation sites (N-methyl/N-ethyl adjacent to an activating group) is 1. The predicted octanol–water partition coefficient (Wildman–Crippen LogP) is 2.17. The van der Waals surface area contributed by atoms with Crippen molar-refractivity contribution >= 4 is 0 Å². The summed E-state index contributed by atoms with van der Waals surface area (Å²) >= 11 is 0. The van der Waals surface area contributed by atoms with Crippen LogP contribution < -0.4 is 5.73 Å². The van der Waals surface area contributed by atoms with Crippen molar-refractivity contribution in [2.75, 3.05) is 33.2 Å². The van der Waals surface area contributed by atoms with Crippen LogP contribution in [-0.4, -0.2) is 54.6 Å². The minimum absolute atomic E-state index is 0.307. The van der Waals surface area contributed by atoms with E-state index in [-0.39, 0.29) is 0 Å². The highest BCUT2D eigenvalue weighted by Gasteiger charge is 2.34. The van der Waals surface area contributed by atoms with Crippen molar-refractivity contribution in [1.82, 2.24) is 9.80 Å². The average Bonchev–Trinajstić information content (AvgIpc) is 2.36. The molecular formula is C16H33N3. The van der Waals surface area contributed by atoms with Crippen LogP contribution in [0, 0.1) is 11.8 Å². The molecule has 2 rings (SSSR count). The van der Waals surface area contributed by atoms with Crippen molar-refractivity contribution < 1.29 is 0 Å². The Bertz CT molecular complexity index is 290. The maximum atomic E-state index is 6.37. The van der Waals surface area contributed by atoms with Gasteiger partial charge in [-0.2, -0.15) is 0 Å². The number of hydrogen-bond acceptors (Lipinski definition) is 3. The molecule has 3 unspecified atom stereocenters. The van der Waals surface area contributed by atoms with E-state index in [1.807, 2.05) is 0 Å². The first-order chi connectivity index (χ1) is 8.92. The van der Waals surface area contributed by atoms with Crippen LogP contribution in [0.4, 0.5) is 0 Å². The lowest BCUT2D eigenvalue weighted by molar-refractivity contribution is 0.0238. The smallest absolute Gasteiger partial charge is 0.0277 e. The molecule has 0 spiro atoms. The van der Waals surface area contributed by atoms with Gasteiger partial charge in [0.05, 0.1) is 0 Å². The molecule has 1 aliphatic carbocycles. The van der Waals surface area contributed by atoms with E-state index in [2.05, 4.69) is 37.6 Å². The van der Waals surface area contributed by atoms with Crippen molar-refractivity contribution in [3.05, 3.63) is 0 Å². The third-order valence-corrected chi connectivity index (χ3v) is 5.62. The minimum atomic E-state index is 0.307. The SMILES string of the molecule is CCC1CCC(N)C(CN2CCN(C)C(C)(C)C2)C1. The van der Waals surface area contributed by atoms with Crippen molar-refractivity contribution in [2.24, 2.45) is 17.6 Å². The van der Waals surface area contributed by atoms with Gasteiger partial charge in [0.15, 0.2) is 0 Å². The lowest BCUT2D eigenvalue weighted by atomic mass is 9.77. The van der Waals surface area contributed by atoms with Gasteiger partial charge >= 0.3 is 0 Å². The number of hydrogen-bond donors (Lipinski definition) is 1. The molecular weight excluding hydrogens is 234 g/mol. The van der Waals surface area contributed by atoms with Gasteiger partial charge in [0, 0.05) is 37.8 Å². The Hall–Kier alpha value is -0.120. The fraction of sp³-hybridized carbons (Fsp3) is 1.00. The second kappa shape index (κ2) is 6.11. The summed E-state index contributed by atoms with van der Waals surface area (Å²) in [5.74, 6) is 1.64. The fourth-order valence-electron chi connectivity index (χ4n) is 3.79. The summed E-state index contributed by atoms with van der Waals surface area (Å²) in [5, 5.41) is 0. The Morgan fingerprint density at radius 3 is 2.58 bits per heavy atom. The van der Waals surface area contributed by atoms with E-state index in [0.29, 0.717) is 11.6 Å². The molecule has 2 N–H and O–H groups in total. The quantitative estimate of drug-likeness (QED) is 0.850. The van der Waals surface area contributed by atoms with Crippen LogP contribution in [0.25, 0.3) is 0 Å². The molecule has 1 saturated carbocycles. The molecule has 19 heavy (non-hydrogen) atoms. The van der Waals surface area contributed by atoms with Crippen molar-refractivity contribution in [3.63, 3.8) is 0 Å². The van der Waals surface area contributed by atoms with Gasteiger partial charge in [-0.1, -0.05) is 13.3 Å². The van der Waals surface area contributed by atoms with Gasteiger partial charge in [0.25, 0.3) is 0 Å². The first-order valence-electron chi connectivity index (χ1n) is 8.11. The molecule has 3 nitrogen and oxygen atoms in total. The van der Waals surface area contributed by atoms with Gasteiger partial charge < -0.3 is 5.73 Å². The highest BCUT2D eigenvalue weighted by Crippen LogP contribution is 2.31. The highest BCUT2D eigenvalue weighted by molar-refractivity contribution is 4.91. The van der Waals surface area contributed by atoms with E-state index in [1.165, 1.54) is 51.9 Å². The molecule has 0 bridgehead atoms. The summed E-state index contributed by atoms with van der Waals surface area (Å²) < 4.78 is 0. The topological polar surface area (TPSA) is 32.5 Å². The summed E-state index contributed by atoms with van der Waals surface area (Å²) in [4.78, 5) is 5.14. The third-order valence-electron chi connectivity index (χ3n) is 5.62. The molecule has 0 amide bonds. The standard InChI is InChI=1S/C16H33N3/c1-5-13-6-7-15(17)14(10-13)11-19-9-8-18(4)16(2,3)12-19/h13-15H,5-12,17H2,1-4H3. The molecule has 2 aliphatic rings. The first kappa shape index (κ1) is 15.3. The molecule has 1 heterocycles. The highest BCUT2D eigenvalue weighted by atomic mass is 15.3. The minimum Gasteiger partial charge on any atom is -0.327 e. The van der Waals surface area contributed by atoms with Crippen LogP contribution >= 0.6 is 0 Å². The summed E-state index contributed by atoms with van der Waals surface area (Å²) in [6, 6.07) is 0.436. The Kier molecular flexibility index (Phi) is 4.91. The summed E-state index contributed by atoms with van der Waals surface area (Å²) in [7, 11) is 2.25. The normalized spacial score (nSPS) is 37.4. The van der Waals surface area contributed by atoms with E-state index >= 15 is 0 Å². The zero-order chi connectivity index (χ0) is 14.0. The zero-order valence-corrected chi connectivity index (χ0v) is 13.4. The Morgan fingerprint density at radius 2 is 1.95 bits per heavy atom. The van der Waals surface area contributed by atoms with Crippen LogP contribution in [0.5, 0.6) is 0 Å². The maximum Gasteiger partial charge on any atom is 0.0277 e. The summed E-state index contributed by atoms with van der Waals surface area (Å²) in [6.07, 6.45) is 5.27. The number of nitrogens with zero attached hydrogens (tertiary/aromatic N) is 2. The van der Waals surface area contributed by atoms with Gasteiger partial charge in [-0.15, -0.1) is 0 Å². The Balaban J connectivity index is 1.89. The van der Waals surface area contributed by atoms with Crippen LogP contribution in [-0.2, 0) is 0 Å². The summed E-state index contributed by atoms with van der Waals surface area (Å²) in [5.41, 5.74) is 6.68. The van der Waals surface area contributed by atoms with Gasteiger partial charge in [-0.05, 0) is 52.0 Å². The van der Waals surface area contributed by atoms with Crippen molar-refractivity contribution in [3.8, 4) is 0 Å². The molecule has 0 aromatic carbocycles. The van der Waals surface area contributed by atoms with Crippen LogP contribution in [0.2, 0.25) is 0 Å². The first-order valence-corrected chi connectivity index (χ1v) is 8.11. The molecule has 0 aromatic heterocycles. The van der Waals surface area contributed by atoms with E-state index in [0.717, 1.165) is 11.8 Å². The number of rotatable bonds is 3. The third kappa shape index (κ3) is 3.71. The van der Waals surface area contributed by atoms with E-state index in [1.54, 1.807) is 0 Å². The largest absolute Gasteiger partial charge is 0.327 e. The second-order valence-electron chi connectivity index (χ2n) is 7.48. The molecule has 112 valence electrons. The maximum absolute atomic E-state index is 6.37. The summed E-state index contributed by atoms with van der Waals surface area (Å²) in [6.45, 7) is 11.8. The predicted molar refractivity (Wildman–Crippen MR) is 82.2 cm³/mol. The van der Waals surface area contributed by atoms with Gasteiger partial charge in [0.1, 0.15) is 0 Å². The molecule has 1 aliphatic heterocycles. The zero-order valence-electron chi connectivity index (χ0n) is 13.4. The van der Waals surface area contributed by atoms with Gasteiger partial charge in [0.2, 0.25) is 0 Å². The lowest BCUT2D eigenvalue weighted by Gasteiger charge is -2.47. The van der Waals surface area contributed by atoms with Gasteiger partial charge in [-0.3, -0.25) is 9.80 Å². The molecule has 0 aromatic rings. The van der Waals surface area contributed by atoms with Crippen LogP contribution in [0.15, 0.2) is 0 Å². The van der Waals surface area contributed by atoms with Gasteiger partial charge in [-0.25, -0.2) is 0 Å². The van der Waals surface area contributed by atoms with E-state index in [4.69, 9.17) is 5.73 Å². The fourth-order valence-corrected chi connectivity index (χ4v) is 3.79. The molecule has 3 atom stereocenters. The molecule has 1 saturated heterocycles. The van der Waals surface area contributed by atoms with Crippen LogP contribution in [0.1, 0.15) is 46.5 Å². The Morgan fingerprint density at radius 1 is 1.21 bits per heavy atom. The molecule has 3 heteroatoms. The molecule has 0 radical (unpaired) electrons. The average molecular weight is 267 g/mol. The van der Waals surface area contributed by atoms with Crippen LogP contribution in [0.3, 0.4) is 0 Å². The van der Waals surface area contributed by atoms with Crippen molar-refractivity contribution in [1.29, 1.82) is 0 Å².